The van der Waals surface area contributed by atoms with Crippen molar-refractivity contribution >= 4 is 29.1 Å². The SMILES string of the molecule is NC(=NN=Cc1ccc(-c2cccc(CC(=O)O)c2)cc1)SCc1ccccc1. The minimum atomic E-state index is -0.838. The van der Waals surface area contributed by atoms with E-state index >= 15 is 0 Å². The second-order valence-electron chi connectivity index (χ2n) is 6.35. The van der Waals surface area contributed by atoms with Crippen LogP contribution in [0.25, 0.3) is 11.1 Å². The van der Waals surface area contributed by atoms with E-state index < -0.39 is 5.97 Å². The van der Waals surface area contributed by atoms with Gasteiger partial charge in [-0.25, -0.2) is 0 Å². The number of carbonyl (C=O) groups is 1. The van der Waals surface area contributed by atoms with E-state index in [2.05, 4.69) is 10.2 Å². The van der Waals surface area contributed by atoms with Crippen LogP contribution >= 0.6 is 11.8 Å². The lowest BCUT2D eigenvalue weighted by molar-refractivity contribution is -0.136. The Morgan fingerprint density at radius 1 is 0.931 bits per heavy atom. The van der Waals surface area contributed by atoms with Crippen molar-refractivity contribution in [2.24, 2.45) is 15.9 Å². The third-order valence-corrected chi connectivity index (χ3v) is 4.97. The fraction of sp³-hybridized carbons (Fsp3) is 0.0870. The van der Waals surface area contributed by atoms with Crippen molar-refractivity contribution in [2.45, 2.75) is 12.2 Å². The first kappa shape index (κ1) is 20.4. The first-order valence-corrected chi connectivity index (χ1v) is 10.0. The molecule has 29 heavy (non-hydrogen) atoms. The molecule has 6 heteroatoms. The third kappa shape index (κ3) is 6.62. The molecule has 3 N–H and O–H groups in total. The Kier molecular flexibility index (Phi) is 7.19. The highest BCUT2D eigenvalue weighted by Gasteiger charge is 2.03. The predicted octanol–water partition coefficient (Wildman–Crippen LogP) is 4.56. The van der Waals surface area contributed by atoms with Crippen LogP contribution in [0.3, 0.4) is 0 Å². The van der Waals surface area contributed by atoms with E-state index in [9.17, 15) is 4.79 Å². The molecule has 0 bridgehead atoms. The number of nitrogens with two attached hydrogens (primary N) is 1. The van der Waals surface area contributed by atoms with Crippen molar-refractivity contribution in [3.8, 4) is 11.1 Å². The van der Waals surface area contributed by atoms with Crippen LogP contribution in [0.4, 0.5) is 0 Å². The Bertz CT molecular complexity index is 1020. The van der Waals surface area contributed by atoms with Crippen molar-refractivity contribution in [2.75, 3.05) is 0 Å². The van der Waals surface area contributed by atoms with Crippen molar-refractivity contribution in [3.05, 3.63) is 95.6 Å². The van der Waals surface area contributed by atoms with Crippen LogP contribution in [0.1, 0.15) is 16.7 Å². The Morgan fingerprint density at radius 3 is 2.38 bits per heavy atom. The molecule has 3 rings (SSSR count). The monoisotopic (exact) mass is 403 g/mol. The molecule has 146 valence electrons. The average Bonchev–Trinajstić information content (AvgIpc) is 2.73. The van der Waals surface area contributed by atoms with Gasteiger partial charge in [-0.1, -0.05) is 90.6 Å². The largest absolute Gasteiger partial charge is 0.481 e. The number of rotatable bonds is 7. The van der Waals surface area contributed by atoms with Gasteiger partial charge >= 0.3 is 5.97 Å². The van der Waals surface area contributed by atoms with Gasteiger partial charge in [0.25, 0.3) is 0 Å². The molecule has 0 heterocycles. The van der Waals surface area contributed by atoms with E-state index in [1.807, 2.05) is 78.9 Å². The number of benzene rings is 3. The Labute approximate surface area is 174 Å². The second-order valence-corrected chi connectivity index (χ2v) is 7.35. The van der Waals surface area contributed by atoms with Gasteiger partial charge < -0.3 is 10.8 Å². The first-order chi connectivity index (χ1) is 14.1. The minimum Gasteiger partial charge on any atom is -0.481 e. The molecule has 0 saturated carbocycles. The van der Waals surface area contributed by atoms with E-state index in [0.29, 0.717) is 5.17 Å². The van der Waals surface area contributed by atoms with E-state index in [1.165, 1.54) is 17.3 Å². The number of hydrogen-bond acceptors (Lipinski definition) is 4. The molecule has 0 radical (unpaired) electrons. The molecule has 0 aliphatic rings. The normalized spacial score (nSPS) is 11.7. The van der Waals surface area contributed by atoms with Gasteiger partial charge in [0.1, 0.15) is 0 Å². The fourth-order valence-corrected chi connectivity index (χ4v) is 3.32. The summed E-state index contributed by atoms with van der Waals surface area (Å²) in [6.07, 6.45) is 1.67. The summed E-state index contributed by atoms with van der Waals surface area (Å²) in [6, 6.07) is 25.4. The summed E-state index contributed by atoms with van der Waals surface area (Å²) in [6.45, 7) is 0. The maximum atomic E-state index is 10.9. The quantitative estimate of drug-likeness (QED) is 0.344. The summed E-state index contributed by atoms with van der Waals surface area (Å²) in [5.74, 6) is -0.0862. The van der Waals surface area contributed by atoms with Gasteiger partial charge in [0.15, 0.2) is 5.17 Å². The molecule has 0 aliphatic heterocycles. The van der Waals surface area contributed by atoms with Crippen LogP contribution in [0.5, 0.6) is 0 Å². The third-order valence-electron chi connectivity index (χ3n) is 4.12. The van der Waals surface area contributed by atoms with Gasteiger partial charge in [0.05, 0.1) is 12.6 Å². The molecule has 5 nitrogen and oxygen atoms in total. The highest BCUT2D eigenvalue weighted by molar-refractivity contribution is 8.13. The summed E-state index contributed by atoms with van der Waals surface area (Å²) in [4.78, 5) is 10.9. The topological polar surface area (TPSA) is 88.0 Å². The van der Waals surface area contributed by atoms with E-state index in [0.717, 1.165) is 28.0 Å². The molecular weight excluding hydrogens is 382 g/mol. The molecule has 0 amide bonds. The highest BCUT2D eigenvalue weighted by atomic mass is 32.2. The lowest BCUT2D eigenvalue weighted by Crippen LogP contribution is -2.05. The van der Waals surface area contributed by atoms with Gasteiger partial charge in [0, 0.05) is 5.75 Å². The van der Waals surface area contributed by atoms with Gasteiger partial charge in [-0.15, -0.1) is 5.10 Å². The number of thioether (sulfide) groups is 1. The fourth-order valence-electron chi connectivity index (χ4n) is 2.71. The van der Waals surface area contributed by atoms with Crippen LogP contribution < -0.4 is 5.73 Å². The zero-order chi connectivity index (χ0) is 20.5. The van der Waals surface area contributed by atoms with Crippen LogP contribution in [0.2, 0.25) is 0 Å². The summed E-state index contributed by atoms with van der Waals surface area (Å²) in [7, 11) is 0. The maximum absolute atomic E-state index is 10.9. The number of aliphatic carboxylic acids is 1. The number of amidine groups is 1. The van der Waals surface area contributed by atoms with Crippen LogP contribution in [0.15, 0.2) is 89.1 Å². The Balaban J connectivity index is 1.59. The molecule has 0 saturated heterocycles. The van der Waals surface area contributed by atoms with Crippen LogP contribution in [-0.4, -0.2) is 22.5 Å². The molecule has 0 fully saturated rings. The van der Waals surface area contributed by atoms with Crippen molar-refractivity contribution in [3.63, 3.8) is 0 Å². The maximum Gasteiger partial charge on any atom is 0.307 e. The number of hydrogen-bond donors (Lipinski definition) is 2. The molecule has 0 unspecified atom stereocenters. The average molecular weight is 404 g/mol. The lowest BCUT2D eigenvalue weighted by Gasteiger charge is -2.04. The molecule has 0 atom stereocenters. The van der Waals surface area contributed by atoms with Crippen molar-refractivity contribution < 1.29 is 9.90 Å². The zero-order valence-corrected chi connectivity index (χ0v) is 16.5. The van der Waals surface area contributed by atoms with Gasteiger partial charge in [-0.3, -0.25) is 4.79 Å². The van der Waals surface area contributed by atoms with E-state index in [-0.39, 0.29) is 6.42 Å². The molecular formula is C23H21N3O2S. The predicted molar refractivity (Wildman–Crippen MR) is 120 cm³/mol. The second kappa shape index (κ2) is 10.2. The number of carboxylic acids is 1. The van der Waals surface area contributed by atoms with Crippen LogP contribution in [-0.2, 0) is 17.0 Å². The molecule has 3 aromatic rings. The lowest BCUT2D eigenvalue weighted by atomic mass is 10.0. The Hall–Kier alpha value is -3.38. The molecule has 0 spiro atoms. The van der Waals surface area contributed by atoms with Gasteiger partial charge in [0.2, 0.25) is 0 Å². The minimum absolute atomic E-state index is 0.0142. The standard InChI is InChI=1S/C23H21N3O2S/c24-23(29-16-18-5-2-1-3-6-18)26-25-15-17-9-11-20(12-10-17)21-8-4-7-19(13-21)14-22(27)28/h1-13,15H,14,16H2,(H2,24,26)(H,27,28). The molecule has 0 aliphatic carbocycles. The zero-order valence-electron chi connectivity index (χ0n) is 15.7. The summed E-state index contributed by atoms with van der Waals surface area (Å²) in [5, 5.41) is 17.4. The highest BCUT2D eigenvalue weighted by Crippen LogP contribution is 2.21. The smallest absolute Gasteiger partial charge is 0.307 e. The van der Waals surface area contributed by atoms with Crippen molar-refractivity contribution in [1.29, 1.82) is 0 Å². The summed E-state index contributed by atoms with van der Waals surface area (Å²) < 4.78 is 0. The van der Waals surface area contributed by atoms with E-state index in [1.54, 1.807) is 6.21 Å². The van der Waals surface area contributed by atoms with Crippen LogP contribution in [0, 0.1) is 0 Å². The Morgan fingerprint density at radius 2 is 1.66 bits per heavy atom. The first-order valence-electron chi connectivity index (χ1n) is 9.04. The number of carboxylic acid groups (broad SMARTS) is 1. The van der Waals surface area contributed by atoms with Gasteiger partial charge in [-0.05, 0) is 27.8 Å². The summed E-state index contributed by atoms with van der Waals surface area (Å²) in [5.41, 5.74) is 10.7. The van der Waals surface area contributed by atoms with Crippen molar-refractivity contribution in [1.82, 2.24) is 0 Å². The molecule has 0 aromatic heterocycles. The number of nitrogens with zero attached hydrogens (tertiary/aromatic N) is 2. The summed E-state index contributed by atoms with van der Waals surface area (Å²) >= 11 is 1.44. The van der Waals surface area contributed by atoms with Gasteiger partial charge in [-0.2, -0.15) is 5.10 Å². The van der Waals surface area contributed by atoms with E-state index in [4.69, 9.17) is 10.8 Å². The molecule has 3 aromatic carbocycles.